The lowest BCUT2D eigenvalue weighted by Gasteiger charge is -2.39. The average Bonchev–Trinajstić information content (AvgIpc) is 3.03. The highest BCUT2D eigenvalue weighted by molar-refractivity contribution is 6.13. The molecule has 182 valence electrons. The van der Waals surface area contributed by atoms with Crippen LogP contribution < -0.4 is 4.90 Å². The number of para-hydroxylation sites is 2. The zero-order valence-corrected chi connectivity index (χ0v) is 20.1. The Labute approximate surface area is 210 Å². The van der Waals surface area contributed by atoms with Gasteiger partial charge in [0.25, 0.3) is 0 Å². The molecule has 1 fully saturated rings. The SMILES string of the molecule is Cc1ccc([C@H]2[C@@H]3C(=O)C[C@@H](c4ccccc4)CC3=Nc3ccccc3N2C(=O)CCC(=O)O)cc1. The van der Waals surface area contributed by atoms with Crippen molar-refractivity contribution in [3.63, 3.8) is 0 Å². The average molecular weight is 481 g/mol. The molecule has 6 heteroatoms. The van der Waals surface area contributed by atoms with E-state index < -0.39 is 17.9 Å². The highest BCUT2D eigenvalue weighted by Gasteiger charge is 2.46. The van der Waals surface area contributed by atoms with E-state index in [4.69, 9.17) is 4.99 Å². The lowest BCUT2D eigenvalue weighted by molar-refractivity contribution is -0.138. The lowest BCUT2D eigenvalue weighted by atomic mass is 9.72. The number of fused-ring (bicyclic) bond motifs is 2. The summed E-state index contributed by atoms with van der Waals surface area (Å²) < 4.78 is 0. The molecule has 3 aromatic rings. The summed E-state index contributed by atoms with van der Waals surface area (Å²) in [7, 11) is 0. The molecule has 0 bridgehead atoms. The van der Waals surface area contributed by atoms with Crippen molar-refractivity contribution < 1.29 is 19.5 Å². The first kappa shape index (κ1) is 23.7. The van der Waals surface area contributed by atoms with Crippen molar-refractivity contribution in [3.05, 3.63) is 95.6 Å². The van der Waals surface area contributed by atoms with Gasteiger partial charge in [0.2, 0.25) is 5.91 Å². The van der Waals surface area contributed by atoms with Gasteiger partial charge in [-0.15, -0.1) is 0 Å². The molecule has 3 aromatic carbocycles. The standard InChI is InChI=1S/C30H28N2O4/c1-19-11-13-21(14-12-19)30-29-24(17-22(18-26(29)33)20-7-3-2-4-8-20)31-23-9-5-6-10-25(23)32(30)27(34)15-16-28(35)36/h2-14,22,29-30H,15-18H2,1H3,(H,35,36)/t22-,29-,30-/m0/s1. The van der Waals surface area contributed by atoms with Gasteiger partial charge in [0.15, 0.2) is 0 Å². The fourth-order valence-corrected chi connectivity index (χ4v) is 5.39. The number of aryl methyl sites for hydroxylation is 1. The van der Waals surface area contributed by atoms with Gasteiger partial charge in [-0.3, -0.25) is 19.4 Å². The van der Waals surface area contributed by atoms with Gasteiger partial charge >= 0.3 is 5.97 Å². The Bertz CT molecular complexity index is 1330. The zero-order valence-electron chi connectivity index (χ0n) is 20.1. The molecular formula is C30H28N2O4. The first-order chi connectivity index (χ1) is 17.4. The Morgan fingerprint density at radius 1 is 0.889 bits per heavy atom. The number of rotatable bonds is 5. The Kier molecular flexibility index (Phi) is 6.51. The Balaban J connectivity index is 1.66. The van der Waals surface area contributed by atoms with Crippen molar-refractivity contribution in [2.24, 2.45) is 10.9 Å². The number of carbonyl (C=O) groups is 3. The number of nitrogens with zero attached hydrogens (tertiary/aromatic N) is 2. The molecule has 36 heavy (non-hydrogen) atoms. The van der Waals surface area contributed by atoms with E-state index in [1.165, 1.54) is 0 Å². The first-order valence-corrected chi connectivity index (χ1v) is 12.3. The Morgan fingerprint density at radius 3 is 2.31 bits per heavy atom. The molecule has 5 rings (SSSR count). The van der Waals surface area contributed by atoms with Gasteiger partial charge in [0, 0.05) is 18.6 Å². The summed E-state index contributed by atoms with van der Waals surface area (Å²) in [6.07, 6.45) is 0.549. The molecule has 0 unspecified atom stereocenters. The maximum absolute atomic E-state index is 13.9. The third kappa shape index (κ3) is 4.59. The summed E-state index contributed by atoms with van der Waals surface area (Å²) in [6, 6.07) is 24.7. The Morgan fingerprint density at radius 2 is 1.58 bits per heavy atom. The van der Waals surface area contributed by atoms with E-state index in [0.29, 0.717) is 24.2 Å². The molecule has 0 spiro atoms. The zero-order chi connectivity index (χ0) is 25.2. The topological polar surface area (TPSA) is 87.0 Å². The third-order valence-corrected chi connectivity index (χ3v) is 7.12. The number of carboxylic acid groups (broad SMARTS) is 1. The van der Waals surface area contributed by atoms with Crippen LogP contribution in [0.5, 0.6) is 0 Å². The minimum Gasteiger partial charge on any atom is -0.481 e. The second-order valence-electron chi connectivity index (χ2n) is 9.56. The van der Waals surface area contributed by atoms with Gasteiger partial charge < -0.3 is 10.0 Å². The third-order valence-electron chi connectivity index (χ3n) is 7.12. The number of anilines is 1. The van der Waals surface area contributed by atoms with Crippen LogP contribution in [0.3, 0.4) is 0 Å². The van der Waals surface area contributed by atoms with E-state index in [-0.39, 0.29) is 30.4 Å². The number of hydrogen-bond donors (Lipinski definition) is 1. The number of hydrogen-bond acceptors (Lipinski definition) is 4. The van der Waals surface area contributed by atoms with E-state index in [2.05, 4.69) is 0 Å². The van der Waals surface area contributed by atoms with Crippen molar-refractivity contribution in [1.82, 2.24) is 0 Å². The van der Waals surface area contributed by atoms with Gasteiger partial charge in [-0.2, -0.15) is 0 Å². The quantitative estimate of drug-likeness (QED) is 0.501. The van der Waals surface area contributed by atoms with Crippen LogP contribution in [0.2, 0.25) is 0 Å². The monoisotopic (exact) mass is 480 g/mol. The number of ketones is 1. The van der Waals surface area contributed by atoms with Crippen molar-refractivity contribution in [3.8, 4) is 0 Å². The lowest BCUT2D eigenvalue weighted by Crippen LogP contribution is -2.45. The van der Waals surface area contributed by atoms with Crippen LogP contribution in [0, 0.1) is 12.8 Å². The van der Waals surface area contributed by atoms with E-state index in [1.807, 2.05) is 85.8 Å². The fraction of sp³-hybridized carbons (Fsp3) is 0.267. The molecule has 1 saturated carbocycles. The van der Waals surface area contributed by atoms with Crippen LogP contribution in [0.15, 0.2) is 83.9 Å². The van der Waals surface area contributed by atoms with Crippen LogP contribution in [-0.2, 0) is 14.4 Å². The number of amides is 1. The maximum Gasteiger partial charge on any atom is 0.303 e. The molecule has 1 heterocycles. The molecule has 1 amide bonds. The molecule has 3 atom stereocenters. The van der Waals surface area contributed by atoms with Gasteiger partial charge in [0.1, 0.15) is 5.78 Å². The fourth-order valence-electron chi connectivity index (χ4n) is 5.39. The molecule has 1 N–H and O–H groups in total. The second kappa shape index (κ2) is 9.90. The number of aliphatic carboxylic acids is 1. The first-order valence-electron chi connectivity index (χ1n) is 12.3. The predicted octanol–water partition coefficient (Wildman–Crippen LogP) is 5.78. The normalized spacial score (nSPS) is 21.1. The summed E-state index contributed by atoms with van der Waals surface area (Å²) >= 11 is 0. The summed E-state index contributed by atoms with van der Waals surface area (Å²) in [5.41, 5.74) is 5.01. The van der Waals surface area contributed by atoms with Crippen LogP contribution in [0.25, 0.3) is 0 Å². The predicted molar refractivity (Wildman–Crippen MR) is 139 cm³/mol. The molecular weight excluding hydrogens is 452 g/mol. The molecule has 1 aliphatic carbocycles. The van der Waals surface area contributed by atoms with Crippen molar-refractivity contribution in [2.75, 3.05) is 4.90 Å². The van der Waals surface area contributed by atoms with Crippen molar-refractivity contribution in [2.45, 2.75) is 44.6 Å². The van der Waals surface area contributed by atoms with Crippen molar-refractivity contribution >= 4 is 34.7 Å². The molecule has 1 aliphatic heterocycles. The number of carboxylic acids is 1. The Hall–Kier alpha value is -4.06. The molecule has 0 radical (unpaired) electrons. The van der Waals surface area contributed by atoms with Crippen LogP contribution in [0.1, 0.15) is 54.3 Å². The number of aliphatic imine (C=N–C) groups is 1. The van der Waals surface area contributed by atoms with Gasteiger partial charge in [-0.25, -0.2) is 0 Å². The van der Waals surface area contributed by atoms with Crippen LogP contribution in [0.4, 0.5) is 11.4 Å². The smallest absolute Gasteiger partial charge is 0.303 e. The summed E-state index contributed by atoms with van der Waals surface area (Å²) in [5.74, 6) is -1.90. The van der Waals surface area contributed by atoms with Crippen LogP contribution >= 0.6 is 0 Å². The van der Waals surface area contributed by atoms with E-state index in [9.17, 15) is 19.5 Å². The van der Waals surface area contributed by atoms with Gasteiger partial charge in [-0.05, 0) is 42.5 Å². The van der Waals surface area contributed by atoms with Gasteiger partial charge in [0.05, 0.1) is 29.8 Å². The second-order valence-corrected chi connectivity index (χ2v) is 9.56. The highest BCUT2D eigenvalue weighted by Crippen LogP contribution is 2.47. The summed E-state index contributed by atoms with van der Waals surface area (Å²) in [6.45, 7) is 1.99. The number of carbonyl (C=O) groups excluding carboxylic acids is 2. The van der Waals surface area contributed by atoms with E-state index in [1.54, 1.807) is 4.90 Å². The summed E-state index contributed by atoms with van der Waals surface area (Å²) in [5, 5.41) is 9.24. The molecule has 0 aromatic heterocycles. The van der Waals surface area contributed by atoms with E-state index in [0.717, 1.165) is 22.4 Å². The molecule has 0 saturated heterocycles. The number of Topliss-reactive ketones (excluding diaryl/α,β-unsaturated/α-hetero) is 1. The molecule has 2 aliphatic rings. The van der Waals surface area contributed by atoms with Crippen LogP contribution in [-0.4, -0.2) is 28.5 Å². The minimum absolute atomic E-state index is 0.0220. The van der Waals surface area contributed by atoms with Crippen molar-refractivity contribution in [1.29, 1.82) is 0 Å². The van der Waals surface area contributed by atoms with Gasteiger partial charge in [-0.1, -0.05) is 72.3 Å². The highest BCUT2D eigenvalue weighted by atomic mass is 16.4. The number of benzene rings is 3. The summed E-state index contributed by atoms with van der Waals surface area (Å²) in [4.78, 5) is 45.4. The molecule has 6 nitrogen and oxygen atoms in total. The maximum atomic E-state index is 13.9. The minimum atomic E-state index is -1.03. The van der Waals surface area contributed by atoms with E-state index >= 15 is 0 Å². The largest absolute Gasteiger partial charge is 0.481 e.